The van der Waals surface area contributed by atoms with Gasteiger partial charge >= 0.3 is 0 Å². The Labute approximate surface area is 114 Å². The molecule has 0 fully saturated rings. The fraction of sp³-hybridized carbons (Fsp3) is 0.462. The molecule has 0 unspecified atom stereocenters. The molecule has 0 saturated carbocycles. The lowest BCUT2D eigenvalue weighted by atomic mass is 10.2. The van der Waals surface area contributed by atoms with Gasteiger partial charge in [-0.15, -0.1) is 0 Å². The molecule has 1 aromatic rings. The molecule has 0 spiro atoms. The van der Waals surface area contributed by atoms with Crippen LogP contribution in [0.5, 0.6) is 0 Å². The summed E-state index contributed by atoms with van der Waals surface area (Å²) in [4.78, 5) is 11.7. The SMILES string of the molecule is CCOC(CNC(=O)c1cc(F)c(F)c(F)c1)OCC. The number of hydrogen-bond donors (Lipinski definition) is 1. The number of nitrogens with one attached hydrogen (secondary N) is 1. The number of halogens is 3. The highest BCUT2D eigenvalue weighted by Gasteiger charge is 2.16. The Balaban J connectivity index is 2.66. The minimum atomic E-state index is -1.61. The van der Waals surface area contributed by atoms with Gasteiger partial charge in [0.15, 0.2) is 23.7 Å². The Kier molecular flexibility index (Phi) is 6.47. The van der Waals surface area contributed by atoms with Crippen LogP contribution in [0.1, 0.15) is 24.2 Å². The molecule has 0 aromatic heterocycles. The normalized spacial score (nSPS) is 10.9. The van der Waals surface area contributed by atoms with Gasteiger partial charge in [0.05, 0.1) is 6.54 Å². The van der Waals surface area contributed by atoms with E-state index in [9.17, 15) is 18.0 Å². The second-order valence-corrected chi connectivity index (χ2v) is 3.80. The number of rotatable bonds is 7. The van der Waals surface area contributed by atoms with Crippen LogP contribution in [0.15, 0.2) is 12.1 Å². The zero-order chi connectivity index (χ0) is 15.1. The average molecular weight is 291 g/mol. The number of carbonyl (C=O) groups is 1. The van der Waals surface area contributed by atoms with Crippen LogP contribution in [0.4, 0.5) is 13.2 Å². The molecule has 0 heterocycles. The number of hydrogen-bond acceptors (Lipinski definition) is 3. The van der Waals surface area contributed by atoms with E-state index in [1.54, 1.807) is 13.8 Å². The van der Waals surface area contributed by atoms with E-state index in [-0.39, 0.29) is 12.1 Å². The first kappa shape index (κ1) is 16.5. The van der Waals surface area contributed by atoms with Crippen molar-refractivity contribution in [3.05, 3.63) is 35.1 Å². The highest BCUT2D eigenvalue weighted by Crippen LogP contribution is 2.13. The van der Waals surface area contributed by atoms with E-state index in [1.807, 2.05) is 0 Å². The first-order valence-electron chi connectivity index (χ1n) is 6.15. The maximum atomic E-state index is 13.0. The fourth-order valence-corrected chi connectivity index (χ4v) is 1.50. The molecule has 1 rings (SSSR count). The van der Waals surface area contributed by atoms with Crippen molar-refractivity contribution in [2.75, 3.05) is 19.8 Å². The molecule has 1 N–H and O–H groups in total. The molecule has 1 amide bonds. The molecular weight excluding hydrogens is 275 g/mol. The zero-order valence-corrected chi connectivity index (χ0v) is 11.2. The van der Waals surface area contributed by atoms with Crippen molar-refractivity contribution < 1.29 is 27.4 Å². The van der Waals surface area contributed by atoms with Crippen LogP contribution in [0, 0.1) is 17.5 Å². The smallest absolute Gasteiger partial charge is 0.251 e. The van der Waals surface area contributed by atoms with Crippen molar-refractivity contribution in [2.24, 2.45) is 0 Å². The van der Waals surface area contributed by atoms with Crippen LogP contribution < -0.4 is 5.32 Å². The molecule has 1 aromatic carbocycles. The summed E-state index contributed by atoms with van der Waals surface area (Å²) >= 11 is 0. The van der Waals surface area contributed by atoms with E-state index in [0.29, 0.717) is 25.3 Å². The van der Waals surface area contributed by atoms with E-state index in [0.717, 1.165) is 0 Å². The van der Waals surface area contributed by atoms with Crippen molar-refractivity contribution in [2.45, 2.75) is 20.1 Å². The summed E-state index contributed by atoms with van der Waals surface area (Å²) in [6.45, 7) is 4.32. The first-order chi connectivity index (χ1) is 9.49. The van der Waals surface area contributed by atoms with Crippen LogP contribution in [0.3, 0.4) is 0 Å². The third-order valence-corrected chi connectivity index (χ3v) is 2.38. The third kappa shape index (κ3) is 4.50. The van der Waals surface area contributed by atoms with Crippen LogP contribution >= 0.6 is 0 Å². The Morgan fingerprint density at radius 1 is 1.15 bits per heavy atom. The summed E-state index contributed by atoms with van der Waals surface area (Å²) in [7, 11) is 0. The summed E-state index contributed by atoms with van der Waals surface area (Å²) < 4.78 is 49.1. The standard InChI is InChI=1S/C13H16F3NO3/c1-3-19-11(20-4-2)7-17-13(18)8-5-9(14)12(16)10(15)6-8/h5-6,11H,3-4,7H2,1-2H3,(H,17,18). The van der Waals surface area contributed by atoms with Gasteiger partial charge in [-0.2, -0.15) is 0 Å². The summed E-state index contributed by atoms with van der Waals surface area (Å²) in [5, 5.41) is 2.40. The predicted molar refractivity (Wildman–Crippen MR) is 65.7 cm³/mol. The number of carbonyl (C=O) groups excluding carboxylic acids is 1. The lowest BCUT2D eigenvalue weighted by Gasteiger charge is -2.17. The first-order valence-corrected chi connectivity index (χ1v) is 6.15. The van der Waals surface area contributed by atoms with Crippen LogP contribution in [0.2, 0.25) is 0 Å². The van der Waals surface area contributed by atoms with E-state index < -0.39 is 29.6 Å². The molecule has 112 valence electrons. The highest BCUT2D eigenvalue weighted by molar-refractivity contribution is 5.94. The van der Waals surface area contributed by atoms with Crippen LogP contribution in [-0.2, 0) is 9.47 Å². The highest BCUT2D eigenvalue weighted by atomic mass is 19.2. The topological polar surface area (TPSA) is 47.6 Å². The van der Waals surface area contributed by atoms with Crippen molar-refractivity contribution in [3.63, 3.8) is 0 Å². The quantitative estimate of drug-likeness (QED) is 0.619. The molecule has 20 heavy (non-hydrogen) atoms. The molecule has 0 radical (unpaired) electrons. The van der Waals surface area contributed by atoms with Crippen LogP contribution in [0.25, 0.3) is 0 Å². The second-order valence-electron chi connectivity index (χ2n) is 3.80. The third-order valence-electron chi connectivity index (χ3n) is 2.38. The van der Waals surface area contributed by atoms with Crippen LogP contribution in [-0.4, -0.2) is 32.0 Å². The molecule has 0 atom stereocenters. The van der Waals surface area contributed by atoms with Crippen molar-refractivity contribution in [3.8, 4) is 0 Å². The van der Waals surface area contributed by atoms with Gasteiger partial charge < -0.3 is 14.8 Å². The van der Waals surface area contributed by atoms with Crippen molar-refractivity contribution in [1.82, 2.24) is 5.32 Å². The summed E-state index contributed by atoms with van der Waals surface area (Å²) in [5.41, 5.74) is -0.312. The molecule has 4 nitrogen and oxygen atoms in total. The number of benzene rings is 1. The van der Waals surface area contributed by atoms with E-state index in [4.69, 9.17) is 9.47 Å². The second kappa shape index (κ2) is 7.86. The van der Waals surface area contributed by atoms with Gasteiger partial charge in [0, 0.05) is 18.8 Å². The maximum Gasteiger partial charge on any atom is 0.251 e. The van der Waals surface area contributed by atoms with Gasteiger partial charge in [0.1, 0.15) is 0 Å². The monoisotopic (exact) mass is 291 g/mol. The van der Waals surface area contributed by atoms with Gasteiger partial charge in [-0.05, 0) is 26.0 Å². The average Bonchev–Trinajstić information content (AvgIpc) is 2.41. The number of ether oxygens (including phenoxy) is 2. The fourth-order valence-electron chi connectivity index (χ4n) is 1.50. The van der Waals surface area contributed by atoms with E-state index >= 15 is 0 Å². The van der Waals surface area contributed by atoms with Crippen molar-refractivity contribution in [1.29, 1.82) is 0 Å². The predicted octanol–water partition coefficient (Wildman–Crippen LogP) is 2.23. The molecule has 7 heteroatoms. The van der Waals surface area contributed by atoms with E-state index in [1.165, 1.54) is 0 Å². The molecule has 0 bridgehead atoms. The molecule has 0 aliphatic heterocycles. The van der Waals surface area contributed by atoms with Gasteiger partial charge in [-0.3, -0.25) is 4.79 Å². The Morgan fingerprint density at radius 3 is 2.10 bits per heavy atom. The summed E-state index contributed by atoms with van der Waals surface area (Å²) in [5.74, 6) is -5.18. The lowest BCUT2D eigenvalue weighted by molar-refractivity contribution is -0.131. The maximum absolute atomic E-state index is 13.0. The molecule has 0 aliphatic carbocycles. The minimum absolute atomic E-state index is 0.0150. The Hall–Kier alpha value is -1.60. The van der Waals surface area contributed by atoms with Crippen molar-refractivity contribution >= 4 is 5.91 Å². The molecule has 0 aliphatic rings. The molecular formula is C13H16F3NO3. The Morgan fingerprint density at radius 2 is 1.65 bits per heavy atom. The zero-order valence-electron chi connectivity index (χ0n) is 11.2. The van der Waals surface area contributed by atoms with Gasteiger partial charge in [-0.25, -0.2) is 13.2 Å². The van der Waals surface area contributed by atoms with Gasteiger partial charge in [-0.1, -0.05) is 0 Å². The largest absolute Gasteiger partial charge is 0.351 e. The summed E-state index contributed by atoms with van der Waals surface area (Å²) in [6.07, 6.45) is -0.649. The lowest BCUT2D eigenvalue weighted by Crippen LogP contribution is -2.35. The van der Waals surface area contributed by atoms with Gasteiger partial charge in [0.25, 0.3) is 5.91 Å². The Bertz CT molecular complexity index is 439. The van der Waals surface area contributed by atoms with Gasteiger partial charge in [0.2, 0.25) is 0 Å². The van der Waals surface area contributed by atoms with E-state index in [2.05, 4.69) is 5.32 Å². The minimum Gasteiger partial charge on any atom is -0.351 e. The molecule has 0 saturated heterocycles. The number of amides is 1. The summed E-state index contributed by atoms with van der Waals surface area (Å²) in [6, 6.07) is 1.26.